The fourth-order valence-corrected chi connectivity index (χ4v) is 2.10. The Morgan fingerprint density at radius 1 is 0.789 bits per heavy atom. The molecule has 1 heterocycles. The molecular weight excluding hydrogens is 236 g/mol. The maximum atomic E-state index is 11.8. The first-order valence-corrected chi connectivity index (χ1v) is 6.13. The Bertz CT molecular complexity index is 658. The summed E-state index contributed by atoms with van der Waals surface area (Å²) >= 11 is 0. The van der Waals surface area contributed by atoms with Crippen molar-refractivity contribution in [1.29, 1.82) is 0 Å². The average molecular weight is 248 g/mol. The Labute approximate surface area is 111 Å². The third-order valence-electron chi connectivity index (χ3n) is 3.06. The molecule has 3 nitrogen and oxygen atoms in total. The van der Waals surface area contributed by atoms with Gasteiger partial charge in [-0.25, -0.2) is 0 Å². The van der Waals surface area contributed by atoms with Crippen molar-refractivity contribution in [2.24, 2.45) is 10.2 Å². The van der Waals surface area contributed by atoms with Crippen molar-refractivity contribution in [3.05, 3.63) is 77.4 Å². The highest BCUT2D eigenvalue weighted by atomic mass is 16.2. The van der Waals surface area contributed by atoms with E-state index >= 15 is 0 Å². The average Bonchev–Trinajstić information content (AvgIpc) is 2.82. The third kappa shape index (κ3) is 2.36. The van der Waals surface area contributed by atoms with Crippen molar-refractivity contribution in [2.75, 3.05) is 0 Å². The van der Waals surface area contributed by atoms with Crippen LogP contribution in [0.4, 0.5) is 0 Å². The smallest absolute Gasteiger partial charge is 0.265 e. The van der Waals surface area contributed by atoms with E-state index in [1.54, 1.807) is 0 Å². The summed E-state index contributed by atoms with van der Waals surface area (Å²) in [5, 5.41) is 7.70. The van der Waals surface area contributed by atoms with Crippen molar-refractivity contribution in [1.82, 2.24) is 0 Å². The van der Waals surface area contributed by atoms with Gasteiger partial charge in [0.15, 0.2) is 0 Å². The van der Waals surface area contributed by atoms with Gasteiger partial charge in [0.2, 0.25) is 0 Å². The lowest BCUT2D eigenvalue weighted by Gasteiger charge is -2.03. The van der Waals surface area contributed by atoms with Gasteiger partial charge in [-0.3, -0.25) is 4.79 Å². The SMILES string of the molecule is O=C1N=NC(c2ccccc2)=C1Cc1ccccc1. The number of carbonyl (C=O) groups excluding carboxylic acids is 1. The molecule has 0 saturated carbocycles. The van der Waals surface area contributed by atoms with Crippen LogP contribution in [0.2, 0.25) is 0 Å². The lowest BCUT2D eigenvalue weighted by Crippen LogP contribution is -2.00. The molecule has 3 rings (SSSR count). The van der Waals surface area contributed by atoms with Gasteiger partial charge in [0, 0.05) is 12.0 Å². The first kappa shape index (κ1) is 11.5. The van der Waals surface area contributed by atoms with Crippen LogP contribution in [0.15, 0.2) is 76.5 Å². The number of benzene rings is 2. The first-order valence-electron chi connectivity index (χ1n) is 6.13. The molecule has 1 aliphatic heterocycles. The molecule has 0 aromatic heterocycles. The minimum Gasteiger partial charge on any atom is -0.265 e. The summed E-state index contributed by atoms with van der Waals surface area (Å²) in [6, 6.07) is 19.6. The van der Waals surface area contributed by atoms with Gasteiger partial charge in [-0.1, -0.05) is 60.7 Å². The first-order chi connectivity index (χ1) is 9.34. The molecule has 0 aliphatic carbocycles. The number of nitrogens with zero attached hydrogens (tertiary/aromatic N) is 2. The molecule has 0 saturated heterocycles. The second kappa shape index (κ2) is 4.98. The Hall–Kier alpha value is -2.55. The topological polar surface area (TPSA) is 41.8 Å². The standard InChI is InChI=1S/C16H12N2O/c19-16-14(11-12-7-3-1-4-8-12)15(17-18-16)13-9-5-2-6-10-13/h1-10H,11H2. The quantitative estimate of drug-likeness (QED) is 0.817. The lowest BCUT2D eigenvalue weighted by molar-refractivity contribution is -0.114. The molecule has 0 radical (unpaired) electrons. The molecular formula is C16H12N2O. The van der Waals surface area contributed by atoms with Gasteiger partial charge in [0.25, 0.3) is 5.91 Å². The molecule has 1 aliphatic rings. The van der Waals surface area contributed by atoms with Crippen molar-refractivity contribution in [3.63, 3.8) is 0 Å². The minimum absolute atomic E-state index is 0.234. The molecule has 3 heteroatoms. The number of hydrogen-bond donors (Lipinski definition) is 0. The summed E-state index contributed by atoms with van der Waals surface area (Å²) in [6.45, 7) is 0. The normalized spacial score (nSPS) is 14.2. The summed E-state index contributed by atoms with van der Waals surface area (Å²) < 4.78 is 0. The van der Waals surface area contributed by atoms with Gasteiger partial charge in [-0.2, -0.15) is 0 Å². The van der Waals surface area contributed by atoms with Gasteiger partial charge in [-0.05, 0) is 5.56 Å². The molecule has 19 heavy (non-hydrogen) atoms. The zero-order valence-electron chi connectivity index (χ0n) is 10.3. The molecule has 92 valence electrons. The van der Waals surface area contributed by atoms with E-state index in [0.717, 1.165) is 11.1 Å². The number of azo groups is 1. The van der Waals surface area contributed by atoms with E-state index in [-0.39, 0.29) is 5.91 Å². The Morgan fingerprint density at radius 2 is 1.42 bits per heavy atom. The molecule has 2 aromatic rings. The summed E-state index contributed by atoms with van der Waals surface area (Å²) in [5.41, 5.74) is 3.38. The molecule has 0 atom stereocenters. The predicted molar refractivity (Wildman–Crippen MR) is 73.4 cm³/mol. The van der Waals surface area contributed by atoms with E-state index in [9.17, 15) is 4.79 Å². The second-order valence-corrected chi connectivity index (χ2v) is 4.36. The third-order valence-corrected chi connectivity index (χ3v) is 3.06. The van der Waals surface area contributed by atoms with Crippen LogP contribution in [0.25, 0.3) is 5.70 Å². The predicted octanol–water partition coefficient (Wildman–Crippen LogP) is 3.63. The Balaban J connectivity index is 1.99. The van der Waals surface area contributed by atoms with Gasteiger partial charge < -0.3 is 0 Å². The highest BCUT2D eigenvalue weighted by Gasteiger charge is 2.22. The van der Waals surface area contributed by atoms with E-state index in [1.807, 2.05) is 60.7 Å². The van der Waals surface area contributed by atoms with E-state index in [0.29, 0.717) is 17.7 Å². The molecule has 2 aromatic carbocycles. The van der Waals surface area contributed by atoms with E-state index in [4.69, 9.17) is 0 Å². The van der Waals surface area contributed by atoms with E-state index < -0.39 is 0 Å². The molecule has 0 N–H and O–H groups in total. The molecule has 0 bridgehead atoms. The molecule has 0 unspecified atom stereocenters. The van der Waals surface area contributed by atoms with Crippen LogP contribution < -0.4 is 0 Å². The van der Waals surface area contributed by atoms with E-state index in [1.165, 1.54) is 0 Å². The Morgan fingerprint density at radius 3 is 2.11 bits per heavy atom. The summed E-state index contributed by atoms with van der Waals surface area (Å²) in [5.74, 6) is -0.234. The molecule has 0 spiro atoms. The summed E-state index contributed by atoms with van der Waals surface area (Å²) in [6.07, 6.45) is 0.566. The van der Waals surface area contributed by atoms with Gasteiger partial charge in [0.05, 0.1) is 5.57 Å². The van der Waals surface area contributed by atoms with Crippen molar-refractivity contribution < 1.29 is 4.79 Å². The number of hydrogen-bond acceptors (Lipinski definition) is 2. The fourth-order valence-electron chi connectivity index (χ4n) is 2.10. The van der Waals surface area contributed by atoms with Gasteiger partial charge in [-0.15, -0.1) is 10.2 Å². The zero-order chi connectivity index (χ0) is 13.1. The minimum atomic E-state index is -0.234. The van der Waals surface area contributed by atoms with Crippen molar-refractivity contribution in [2.45, 2.75) is 6.42 Å². The van der Waals surface area contributed by atoms with Crippen LogP contribution >= 0.6 is 0 Å². The molecule has 0 fully saturated rings. The van der Waals surface area contributed by atoms with Crippen LogP contribution in [0.5, 0.6) is 0 Å². The highest BCUT2D eigenvalue weighted by molar-refractivity contribution is 6.04. The summed E-state index contributed by atoms with van der Waals surface area (Å²) in [7, 11) is 0. The van der Waals surface area contributed by atoms with Crippen LogP contribution in [0.3, 0.4) is 0 Å². The number of rotatable bonds is 3. The van der Waals surface area contributed by atoms with Gasteiger partial charge in [0.1, 0.15) is 5.70 Å². The fraction of sp³-hybridized carbons (Fsp3) is 0.0625. The van der Waals surface area contributed by atoms with Crippen molar-refractivity contribution in [3.8, 4) is 0 Å². The lowest BCUT2D eigenvalue weighted by atomic mass is 10.00. The maximum Gasteiger partial charge on any atom is 0.293 e. The largest absolute Gasteiger partial charge is 0.293 e. The monoisotopic (exact) mass is 248 g/mol. The van der Waals surface area contributed by atoms with Crippen molar-refractivity contribution >= 4 is 11.6 Å². The summed E-state index contributed by atoms with van der Waals surface area (Å²) in [4.78, 5) is 11.8. The number of amides is 1. The van der Waals surface area contributed by atoms with Gasteiger partial charge >= 0.3 is 0 Å². The van der Waals surface area contributed by atoms with Crippen LogP contribution in [0.1, 0.15) is 11.1 Å². The van der Waals surface area contributed by atoms with Crippen LogP contribution in [-0.4, -0.2) is 5.91 Å². The van der Waals surface area contributed by atoms with Crippen LogP contribution in [-0.2, 0) is 11.2 Å². The second-order valence-electron chi connectivity index (χ2n) is 4.36. The Kier molecular flexibility index (Phi) is 3.02. The highest BCUT2D eigenvalue weighted by Crippen LogP contribution is 2.28. The maximum absolute atomic E-state index is 11.8. The molecule has 1 amide bonds. The number of carbonyl (C=O) groups is 1. The zero-order valence-corrected chi connectivity index (χ0v) is 10.3. The van der Waals surface area contributed by atoms with Crippen LogP contribution in [0, 0.1) is 0 Å². The van der Waals surface area contributed by atoms with E-state index in [2.05, 4.69) is 10.2 Å².